The van der Waals surface area contributed by atoms with E-state index < -0.39 is 17.6 Å². The second-order valence-corrected chi connectivity index (χ2v) is 8.56. The zero-order chi connectivity index (χ0) is 25.2. The number of amides is 3. The maximum atomic E-state index is 13.1. The third-order valence-corrected chi connectivity index (χ3v) is 6.20. The highest BCUT2D eigenvalue weighted by atomic mass is 19.4. The van der Waals surface area contributed by atoms with Gasteiger partial charge in [0.1, 0.15) is 0 Å². The minimum absolute atomic E-state index is 0.141. The number of aryl methyl sites for hydroxylation is 1. The second kappa shape index (κ2) is 9.81. The summed E-state index contributed by atoms with van der Waals surface area (Å²) in [5, 5.41) is 7.54. The molecule has 1 atom stereocenters. The summed E-state index contributed by atoms with van der Waals surface area (Å²) in [6, 6.07) is 13.7. The Labute approximate surface area is 200 Å². The molecule has 3 N–H and O–H groups in total. The lowest BCUT2D eigenvalue weighted by Gasteiger charge is -2.30. The van der Waals surface area contributed by atoms with Gasteiger partial charge in [0, 0.05) is 31.1 Å². The van der Waals surface area contributed by atoms with Crippen LogP contribution in [0, 0.1) is 0 Å². The van der Waals surface area contributed by atoms with Gasteiger partial charge in [-0.3, -0.25) is 9.48 Å². The van der Waals surface area contributed by atoms with Crippen molar-refractivity contribution in [2.75, 3.05) is 6.54 Å². The van der Waals surface area contributed by atoms with Gasteiger partial charge in [-0.2, -0.15) is 18.3 Å². The van der Waals surface area contributed by atoms with Crippen LogP contribution in [0.4, 0.5) is 18.0 Å². The van der Waals surface area contributed by atoms with Gasteiger partial charge in [0.25, 0.3) is 0 Å². The number of fused-ring (bicyclic) bond motifs is 1. The van der Waals surface area contributed by atoms with E-state index in [2.05, 4.69) is 10.4 Å². The molecule has 0 spiro atoms. The van der Waals surface area contributed by atoms with Crippen molar-refractivity contribution in [3.63, 3.8) is 0 Å². The molecule has 2 heterocycles. The first-order chi connectivity index (χ1) is 16.6. The first-order valence-electron chi connectivity index (χ1n) is 11.2. The number of carbonyl (C=O) groups is 2. The highest BCUT2D eigenvalue weighted by molar-refractivity contribution is 5.76. The molecule has 0 bridgehead atoms. The zero-order valence-electron chi connectivity index (χ0n) is 19.2. The Kier molecular flexibility index (Phi) is 6.81. The number of halogens is 3. The van der Waals surface area contributed by atoms with Gasteiger partial charge in [-0.05, 0) is 30.5 Å². The van der Waals surface area contributed by atoms with Crippen LogP contribution in [0.25, 0.3) is 11.3 Å². The highest BCUT2D eigenvalue weighted by Crippen LogP contribution is 2.33. The van der Waals surface area contributed by atoms with Gasteiger partial charge >= 0.3 is 12.2 Å². The molecule has 35 heavy (non-hydrogen) atoms. The van der Waals surface area contributed by atoms with Gasteiger partial charge in [0.2, 0.25) is 5.91 Å². The summed E-state index contributed by atoms with van der Waals surface area (Å²) in [7, 11) is 1.76. The largest absolute Gasteiger partial charge is 0.416 e. The fraction of sp³-hybridized carbons (Fsp3) is 0.320. The number of hydrogen-bond acceptors (Lipinski definition) is 3. The Morgan fingerprint density at radius 3 is 2.43 bits per heavy atom. The molecular formula is C25H26F3N5O2. The average Bonchev–Trinajstić information content (AvgIpc) is 3.17. The van der Waals surface area contributed by atoms with Crippen LogP contribution in [0.3, 0.4) is 0 Å². The summed E-state index contributed by atoms with van der Waals surface area (Å²) < 4.78 is 40.4. The van der Waals surface area contributed by atoms with Crippen molar-refractivity contribution in [1.29, 1.82) is 0 Å². The number of nitrogens with one attached hydrogen (secondary N) is 1. The Bertz CT molecular complexity index is 1210. The number of carbonyl (C=O) groups excluding carboxylic acids is 2. The quantitative estimate of drug-likeness (QED) is 0.549. The Balaban J connectivity index is 1.50. The molecule has 0 aliphatic carbocycles. The van der Waals surface area contributed by atoms with E-state index in [4.69, 9.17) is 5.73 Å². The van der Waals surface area contributed by atoms with E-state index in [0.29, 0.717) is 37.2 Å². The molecule has 1 aliphatic heterocycles. The minimum Gasteiger partial charge on any atom is -0.370 e. The topological polar surface area (TPSA) is 93.2 Å². The molecule has 3 aromatic rings. The average molecular weight is 486 g/mol. The number of rotatable bonds is 6. The Morgan fingerprint density at radius 2 is 1.80 bits per heavy atom. The van der Waals surface area contributed by atoms with E-state index in [0.717, 1.165) is 29.0 Å². The Morgan fingerprint density at radius 1 is 1.11 bits per heavy atom. The number of hydrogen-bond donors (Lipinski definition) is 2. The predicted molar refractivity (Wildman–Crippen MR) is 124 cm³/mol. The van der Waals surface area contributed by atoms with E-state index in [1.54, 1.807) is 16.6 Å². The monoisotopic (exact) mass is 485 g/mol. The molecule has 0 saturated carbocycles. The maximum absolute atomic E-state index is 13.1. The minimum atomic E-state index is -4.40. The fourth-order valence-corrected chi connectivity index (χ4v) is 4.33. The van der Waals surface area contributed by atoms with Crippen molar-refractivity contribution in [2.45, 2.75) is 38.0 Å². The molecule has 0 saturated heterocycles. The third-order valence-electron chi connectivity index (χ3n) is 6.20. The number of primary amides is 1. The van der Waals surface area contributed by atoms with Crippen LogP contribution in [0.5, 0.6) is 0 Å². The summed E-state index contributed by atoms with van der Waals surface area (Å²) in [5.41, 5.74) is 8.46. The van der Waals surface area contributed by atoms with Crippen LogP contribution in [-0.2, 0) is 31.0 Å². The van der Waals surface area contributed by atoms with Gasteiger partial charge in [-0.25, -0.2) is 4.79 Å². The highest BCUT2D eigenvalue weighted by Gasteiger charge is 2.31. The normalized spacial score (nSPS) is 14.3. The molecule has 7 nitrogen and oxygen atoms in total. The van der Waals surface area contributed by atoms with Gasteiger partial charge in [-0.15, -0.1) is 0 Å². The van der Waals surface area contributed by atoms with Crippen molar-refractivity contribution < 1.29 is 22.8 Å². The lowest BCUT2D eigenvalue weighted by atomic mass is 9.99. The summed E-state index contributed by atoms with van der Waals surface area (Å²) in [6.45, 7) is 0.734. The summed E-state index contributed by atoms with van der Waals surface area (Å²) in [6.07, 6.45) is -3.36. The zero-order valence-corrected chi connectivity index (χ0v) is 19.2. The van der Waals surface area contributed by atoms with E-state index in [1.165, 1.54) is 12.1 Å². The van der Waals surface area contributed by atoms with Crippen LogP contribution >= 0.6 is 0 Å². The molecule has 0 radical (unpaired) electrons. The molecule has 1 aromatic heterocycles. The molecule has 0 unspecified atom stereocenters. The molecule has 1 aliphatic rings. The smallest absolute Gasteiger partial charge is 0.370 e. The van der Waals surface area contributed by atoms with Crippen molar-refractivity contribution in [3.05, 3.63) is 77.0 Å². The number of nitrogens with zero attached hydrogens (tertiary/aromatic N) is 3. The first-order valence-corrected chi connectivity index (χ1v) is 11.2. The SMILES string of the molecule is Cn1nc(-c2ccc(C(F)(F)F)cc2)c2c1CN(C(=O)N[C@@H](CCC(N)=O)c1ccccc1)CC2. The van der Waals surface area contributed by atoms with Gasteiger partial charge in [0.15, 0.2) is 0 Å². The number of urea groups is 1. The number of nitrogens with two attached hydrogens (primary N) is 1. The van der Waals surface area contributed by atoms with Crippen LogP contribution in [0.1, 0.15) is 41.3 Å². The van der Waals surface area contributed by atoms with E-state index >= 15 is 0 Å². The van der Waals surface area contributed by atoms with Crippen molar-refractivity contribution >= 4 is 11.9 Å². The maximum Gasteiger partial charge on any atom is 0.416 e. The molecular weight excluding hydrogens is 459 g/mol. The van der Waals surface area contributed by atoms with E-state index in [1.807, 2.05) is 30.3 Å². The van der Waals surface area contributed by atoms with Gasteiger partial charge in [0.05, 0.1) is 29.5 Å². The molecule has 4 rings (SSSR count). The van der Waals surface area contributed by atoms with Crippen molar-refractivity contribution in [2.24, 2.45) is 12.8 Å². The predicted octanol–water partition coefficient (Wildman–Crippen LogP) is 4.18. The van der Waals surface area contributed by atoms with E-state index in [-0.39, 0.29) is 18.5 Å². The second-order valence-electron chi connectivity index (χ2n) is 8.56. The molecule has 0 fully saturated rings. The van der Waals surface area contributed by atoms with Crippen LogP contribution in [0.15, 0.2) is 54.6 Å². The Hall–Kier alpha value is -3.82. The molecule has 184 valence electrons. The third kappa shape index (κ3) is 5.47. The van der Waals surface area contributed by atoms with E-state index in [9.17, 15) is 22.8 Å². The molecule has 2 aromatic carbocycles. The van der Waals surface area contributed by atoms with Crippen molar-refractivity contribution in [3.8, 4) is 11.3 Å². The number of benzene rings is 2. The summed E-state index contributed by atoms with van der Waals surface area (Å²) in [5.74, 6) is -0.437. The number of alkyl halides is 3. The lowest BCUT2D eigenvalue weighted by molar-refractivity contribution is -0.137. The summed E-state index contributed by atoms with van der Waals surface area (Å²) in [4.78, 5) is 26.1. The first kappa shape index (κ1) is 24.3. The molecule has 10 heteroatoms. The number of aromatic nitrogens is 2. The fourth-order valence-electron chi connectivity index (χ4n) is 4.33. The summed E-state index contributed by atoms with van der Waals surface area (Å²) >= 11 is 0. The standard InChI is InChI=1S/C25H26F3N5O2/c1-32-21-15-33(24(35)30-20(11-12-22(29)34)16-5-3-2-4-6-16)14-13-19(21)23(31-32)17-7-9-18(10-8-17)25(26,27)28/h2-10,20H,11-15H2,1H3,(H2,29,34)(H,30,35)/t20-/m0/s1. The van der Waals surface area contributed by atoms with Crippen molar-refractivity contribution in [1.82, 2.24) is 20.0 Å². The van der Waals surface area contributed by atoms with Crippen LogP contribution < -0.4 is 11.1 Å². The van der Waals surface area contributed by atoms with Gasteiger partial charge in [-0.1, -0.05) is 42.5 Å². The molecule has 3 amide bonds. The van der Waals surface area contributed by atoms with Gasteiger partial charge < -0.3 is 16.0 Å². The van der Waals surface area contributed by atoms with Crippen LogP contribution in [0.2, 0.25) is 0 Å². The lowest BCUT2D eigenvalue weighted by Crippen LogP contribution is -2.44. The van der Waals surface area contributed by atoms with Crippen LogP contribution in [-0.4, -0.2) is 33.2 Å².